The largest absolute Gasteiger partial charge is 0.497 e. The Morgan fingerprint density at radius 3 is 2.32 bits per heavy atom. The first-order valence-corrected chi connectivity index (χ1v) is 12.3. The Bertz CT molecular complexity index is 1530. The maximum atomic E-state index is 14.0. The van der Waals surface area contributed by atoms with Crippen molar-refractivity contribution in [3.05, 3.63) is 85.7 Å². The molecule has 1 aliphatic rings. The Morgan fingerprint density at radius 1 is 1.03 bits per heavy atom. The fraction of sp³-hybridized carbons (Fsp3) is 0.280. The number of nitrogens with zero attached hydrogens (tertiary/aromatic N) is 3. The van der Waals surface area contributed by atoms with E-state index in [4.69, 9.17) is 4.74 Å². The average molecular weight is 482 g/mol. The maximum absolute atomic E-state index is 14.0. The zero-order chi connectivity index (χ0) is 24.8. The minimum Gasteiger partial charge on any atom is -0.497 e. The second-order valence-electron chi connectivity index (χ2n) is 8.30. The van der Waals surface area contributed by atoms with Crippen molar-refractivity contribution in [2.75, 3.05) is 11.4 Å². The molecule has 178 valence electrons. The molecule has 0 radical (unpaired) electrons. The topological polar surface area (TPSA) is 90.6 Å². The van der Waals surface area contributed by atoms with Gasteiger partial charge in [-0.2, -0.15) is 0 Å². The van der Waals surface area contributed by atoms with Crippen molar-refractivity contribution >= 4 is 27.4 Å². The van der Waals surface area contributed by atoms with Gasteiger partial charge in [0, 0.05) is 13.6 Å². The van der Waals surface area contributed by atoms with Gasteiger partial charge in [0.15, 0.2) is 0 Å². The summed E-state index contributed by atoms with van der Waals surface area (Å²) in [6, 6.07) is 11.9. The fourth-order valence-corrected chi connectivity index (χ4v) is 5.68. The van der Waals surface area contributed by atoms with Gasteiger partial charge in [0.1, 0.15) is 11.4 Å². The summed E-state index contributed by atoms with van der Waals surface area (Å²) < 4.78 is 36.8. The maximum Gasteiger partial charge on any atom is 0.331 e. The van der Waals surface area contributed by atoms with E-state index in [-0.39, 0.29) is 29.4 Å². The van der Waals surface area contributed by atoms with Crippen molar-refractivity contribution in [1.29, 1.82) is 0 Å². The van der Waals surface area contributed by atoms with Gasteiger partial charge in [-0.05, 0) is 67.8 Å². The number of aryl methyl sites for hydroxylation is 1. The summed E-state index contributed by atoms with van der Waals surface area (Å²) in [5, 5.41) is 0. The zero-order valence-corrected chi connectivity index (χ0v) is 20.6. The number of methoxy groups -OCH3 is 1. The van der Waals surface area contributed by atoms with E-state index in [2.05, 4.69) is 0 Å². The molecular formula is C25H27N3O5S. The molecule has 8 nitrogen and oxygen atoms in total. The number of sulfonamides is 1. The van der Waals surface area contributed by atoms with Crippen molar-refractivity contribution < 1.29 is 13.2 Å². The number of hydrogen-bond acceptors (Lipinski definition) is 5. The number of anilines is 1. The third-order valence-electron chi connectivity index (χ3n) is 6.14. The first-order valence-electron chi connectivity index (χ1n) is 10.9. The van der Waals surface area contributed by atoms with E-state index in [1.54, 1.807) is 44.4 Å². The van der Waals surface area contributed by atoms with Crippen molar-refractivity contribution in [2.24, 2.45) is 7.05 Å². The van der Waals surface area contributed by atoms with E-state index in [1.807, 2.05) is 19.9 Å². The van der Waals surface area contributed by atoms with Crippen LogP contribution in [0.25, 0.3) is 11.6 Å². The van der Waals surface area contributed by atoms with Crippen molar-refractivity contribution in [2.45, 2.75) is 38.8 Å². The van der Waals surface area contributed by atoms with Crippen molar-refractivity contribution in [1.82, 2.24) is 9.13 Å². The van der Waals surface area contributed by atoms with E-state index in [9.17, 15) is 18.0 Å². The predicted octanol–water partition coefficient (Wildman–Crippen LogP) is 3.15. The van der Waals surface area contributed by atoms with Crippen LogP contribution >= 0.6 is 0 Å². The van der Waals surface area contributed by atoms with E-state index in [0.29, 0.717) is 11.3 Å². The van der Waals surface area contributed by atoms with Crippen LogP contribution in [0.1, 0.15) is 36.2 Å². The molecule has 0 N–H and O–H groups in total. The second-order valence-corrected chi connectivity index (χ2v) is 10.2. The van der Waals surface area contributed by atoms with Crippen LogP contribution in [0, 0.1) is 6.92 Å². The Hall–Kier alpha value is -3.59. The molecule has 0 spiro atoms. The molecule has 1 aromatic heterocycles. The standard InChI is InChI=1S/C25H27N3O5S/c1-6-27-22-13-17(3)21-12-9-19(33-5)14-18(21)15-28(23(22)24(29)26(4)25(27)30)34(31,32)20-10-7-16(2)8-11-20/h7-14H,6,15H2,1-5H3/b17-13-. The van der Waals surface area contributed by atoms with Crippen LogP contribution < -0.4 is 20.3 Å². The van der Waals surface area contributed by atoms with Gasteiger partial charge < -0.3 is 4.74 Å². The number of ether oxygens (including phenoxy) is 1. The normalized spacial score (nSPS) is 15.0. The van der Waals surface area contributed by atoms with Crippen LogP contribution in [-0.4, -0.2) is 24.7 Å². The number of aromatic nitrogens is 2. The van der Waals surface area contributed by atoms with Gasteiger partial charge >= 0.3 is 5.69 Å². The summed E-state index contributed by atoms with van der Waals surface area (Å²) in [4.78, 5) is 26.4. The summed E-state index contributed by atoms with van der Waals surface area (Å²) >= 11 is 0. The monoisotopic (exact) mass is 481 g/mol. The van der Waals surface area contributed by atoms with Crippen LogP contribution in [0.3, 0.4) is 0 Å². The molecular weight excluding hydrogens is 454 g/mol. The summed E-state index contributed by atoms with van der Waals surface area (Å²) in [6.45, 7) is 5.70. The number of allylic oxidation sites excluding steroid dienone is 1. The summed E-state index contributed by atoms with van der Waals surface area (Å²) in [5.41, 5.74) is 2.26. The predicted molar refractivity (Wildman–Crippen MR) is 133 cm³/mol. The summed E-state index contributed by atoms with van der Waals surface area (Å²) in [5.74, 6) is 0.575. The van der Waals surface area contributed by atoms with Gasteiger partial charge in [-0.15, -0.1) is 0 Å². The third kappa shape index (κ3) is 3.75. The van der Waals surface area contributed by atoms with Gasteiger partial charge in [0.2, 0.25) is 0 Å². The summed E-state index contributed by atoms with van der Waals surface area (Å²) in [6.07, 6.45) is 1.71. The molecule has 1 aliphatic heterocycles. The van der Waals surface area contributed by atoms with Crippen molar-refractivity contribution in [3.63, 3.8) is 0 Å². The van der Waals surface area contributed by atoms with Crippen LogP contribution in [0.4, 0.5) is 5.69 Å². The molecule has 0 fully saturated rings. The fourth-order valence-electron chi connectivity index (χ4n) is 4.23. The highest BCUT2D eigenvalue weighted by molar-refractivity contribution is 7.92. The second kappa shape index (κ2) is 8.64. The number of fused-ring (bicyclic) bond motifs is 2. The molecule has 0 amide bonds. The van der Waals surface area contributed by atoms with Gasteiger partial charge in [0.05, 0.1) is 24.2 Å². The molecule has 0 saturated heterocycles. The van der Waals surface area contributed by atoms with Crippen LogP contribution in [-0.2, 0) is 30.2 Å². The Labute approximate surface area is 198 Å². The molecule has 0 bridgehead atoms. The van der Waals surface area contributed by atoms with E-state index in [0.717, 1.165) is 25.6 Å². The molecule has 3 aromatic rings. The SMILES string of the molecule is CCn1c2c(c(=O)n(C)c1=O)N(S(=O)(=O)c1ccc(C)cc1)Cc1cc(OC)ccc1/C(C)=C\2. The molecule has 0 atom stereocenters. The smallest absolute Gasteiger partial charge is 0.331 e. The van der Waals surface area contributed by atoms with Crippen molar-refractivity contribution in [3.8, 4) is 5.75 Å². The Kier molecular flexibility index (Phi) is 5.99. The molecule has 4 rings (SSSR count). The first kappa shape index (κ1) is 23.6. The lowest BCUT2D eigenvalue weighted by Gasteiger charge is -2.30. The van der Waals surface area contributed by atoms with Crippen LogP contribution in [0.15, 0.2) is 56.9 Å². The van der Waals surface area contributed by atoms with Gasteiger partial charge in [-0.25, -0.2) is 13.2 Å². The third-order valence-corrected chi connectivity index (χ3v) is 7.90. The highest BCUT2D eigenvalue weighted by Crippen LogP contribution is 2.35. The van der Waals surface area contributed by atoms with Gasteiger partial charge in [0.25, 0.3) is 15.6 Å². The summed E-state index contributed by atoms with van der Waals surface area (Å²) in [7, 11) is -1.25. The van der Waals surface area contributed by atoms with Crippen LogP contribution in [0.2, 0.25) is 0 Å². The molecule has 0 aliphatic carbocycles. The minimum absolute atomic E-state index is 0.0580. The molecule has 9 heteroatoms. The van der Waals surface area contributed by atoms with E-state index in [1.165, 1.54) is 23.7 Å². The lowest BCUT2D eigenvalue weighted by Crippen LogP contribution is -2.45. The van der Waals surface area contributed by atoms with E-state index < -0.39 is 21.3 Å². The van der Waals surface area contributed by atoms with E-state index >= 15 is 0 Å². The lowest BCUT2D eigenvalue weighted by atomic mass is 9.97. The van der Waals surface area contributed by atoms with Crippen LogP contribution in [0.5, 0.6) is 5.75 Å². The molecule has 2 heterocycles. The molecule has 0 unspecified atom stereocenters. The number of benzene rings is 2. The quantitative estimate of drug-likeness (QED) is 0.571. The highest BCUT2D eigenvalue weighted by Gasteiger charge is 2.33. The molecule has 34 heavy (non-hydrogen) atoms. The lowest BCUT2D eigenvalue weighted by molar-refractivity contribution is 0.414. The average Bonchev–Trinajstić information content (AvgIpc) is 2.81. The highest BCUT2D eigenvalue weighted by atomic mass is 32.2. The Morgan fingerprint density at radius 2 is 1.71 bits per heavy atom. The molecule has 2 aromatic carbocycles. The zero-order valence-electron chi connectivity index (χ0n) is 19.8. The van der Waals surface area contributed by atoms with Gasteiger partial charge in [-0.3, -0.25) is 18.2 Å². The first-order chi connectivity index (χ1) is 16.1. The number of hydrogen-bond donors (Lipinski definition) is 0. The van der Waals surface area contributed by atoms with Gasteiger partial charge in [-0.1, -0.05) is 23.8 Å². The number of rotatable bonds is 4. The minimum atomic E-state index is -4.15. The Balaban J connectivity index is 2.13. The molecule has 0 saturated carbocycles.